The van der Waals surface area contributed by atoms with Crippen molar-refractivity contribution >= 4 is 62.1 Å². The number of carbonyl (C=O) groups is 5. The highest BCUT2D eigenvalue weighted by Crippen LogP contribution is 2.68. The number of fused-ring (bicyclic) bond motifs is 2. The van der Waals surface area contributed by atoms with E-state index in [1.165, 1.54) is 61.9 Å². The van der Waals surface area contributed by atoms with Gasteiger partial charge in [-0.2, -0.15) is 8.42 Å². The number of methoxy groups -OCH3 is 1. The van der Waals surface area contributed by atoms with Gasteiger partial charge in [-0.05, 0) is 56.6 Å². The van der Waals surface area contributed by atoms with Crippen LogP contribution in [0.3, 0.4) is 0 Å². The van der Waals surface area contributed by atoms with Gasteiger partial charge in [-0.3, -0.25) is 19.3 Å². The molecule has 16 nitrogen and oxygen atoms in total. The van der Waals surface area contributed by atoms with Crippen LogP contribution in [0.5, 0.6) is 0 Å². The first-order chi connectivity index (χ1) is 23.7. The number of sulfone groups is 1. The van der Waals surface area contributed by atoms with Crippen LogP contribution in [0.1, 0.15) is 51.3 Å². The SMILES string of the molecule is COC(=O)C1N2C(=O)C(NC(=O)C(N)c3ccccc3)C2SC1(C)C.Cc1ccc(S(=O)(=O)OOC(=O)C2N3C(=O)CC3S([O-])([O-])C2(C)C)cc1. The zero-order valence-corrected chi connectivity index (χ0v) is 30.9. The number of benzene rings is 2. The molecular formula is C32H38N4O12S3-2. The van der Waals surface area contributed by atoms with Crippen molar-refractivity contribution in [2.24, 2.45) is 5.73 Å². The van der Waals surface area contributed by atoms with Crippen LogP contribution in [0.15, 0.2) is 59.5 Å². The molecule has 51 heavy (non-hydrogen) atoms. The summed E-state index contributed by atoms with van der Waals surface area (Å²) in [4.78, 5) is 67.6. The third-order valence-corrected chi connectivity index (χ3v) is 14.8. The molecule has 6 unspecified atom stereocenters. The Kier molecular flexibility index (Phi) is 10.3. The molecule has 3 N–H and O–H groups in total. The molecule has 6 rings (SSSR count). The number of carbonyl (C=O) groups excluding carboxylic acids is 5. The van der Waals surface area contributed by atoms with Crippen LogP contribution >= 0.6 is 22.4 Å². The number of thioether (sulfide) groups is 1. The Balaban J connectivity index is 0.000000198. The third-order valence-electron chi connectivity index (χ3n) is 9.32. The first-order valence-corrected chi connectivity index (χ1v) is 19.5. The largest absolute Gasteiger partial charge is 0.798 e. The van der Waals surface area contributed by atoms with Gasteiger partial charge in [0.1, 0.15) is 23.5 Å². The van der Waals surface area contributed by atoms with Gasteiger partial charge in [-0.15, -0.1) is 11.8 Å². The lowest BCUT2D eigenvalue weighted by molar-refractivity contribution is -0.219. The average Bonchev–Trinajstić information content (AvgIpc) is 3.40. The molecule has 2 aromatic carbocycles. The van der Waals surface area contributed by atoms with Crippen molar-refractivity contribution in [3.05, 3.63) is 65.7 Å². The van der Waals surface area contributed by atoms with Crippen molar-refractivity contribution < 1.29 is 55.5 Å². The van der Waals surface area contributed by atoms with Crippen molar-refractivity contribution in [2.75, 3.05) is 7.11 Å². The Hall–Kier alpha value is -3.72. The fourth-order valence-corrected chi connectivity index (χ4v) is 10.8. The van der Waals surface area contributed by atoms with Crippen LogP contribution in [0, 0.1) is 6.92 Å². The van der Waals surface area contributed by atoms with E-state index < -0.39 is 83.5 Å². The predicted molar refractivity (Wildman–Crippen MR) is 181 cm³/mol. The van der Waals surface area contributed by atoms with Crippen molar-refractivity contribution in [3.8, 4) is 0 Å². The monoisotopic (exact) mass is 766 g/mol. The molecule has 4 fully saturated rings. The lowest BCUT2D eigenvalue weighted by atomic mass is 9.95. The van der Waals surface area contributed by atoms with Gasteiger partial charge >= 0.3 is 22.1 Å². The van der Waals surface area contributed by atoms with Crippen molar-refractivity contribution in [1.82, 2.24) is 15.1 Å². The summed E-state index contributed by atoms with van der Waals surface area (Å²) >= 11 is 1.48. The standard InChI is InChI=1S/C17H21N3O4S.C15H19NO8S2/c1-17(2)12(16(23)24-3)20-14(22)11(15(20)25-17)19-13(21)10(18)9-7-5-4-6-8-9;1-9-4-6-10(7-5-9)26(21,22)24-23-14(18)13-15(2,3)25(19,20)12-8-11(17)16(12)13/h4-8,10-12,15H,18H2,1-3H3,(H,19,21);4-7,12-13,19-20H,8H2,1-3H3/p-2. The summed E-state index contributed by atoms with van der Waals surface area (Å²) < 4.78 is 56.1. The van der Waals surface area contributed by atoms with Gasteiger partial charge in [0.2, 0.25) is 17.7 Å². The molecule has 0 spiro atoms. The molecule has 3 amide bonds. The van der Waals surface area contributed by atoms with Gasteiger partial charge < -0.3 is 45.3 Å². The van der Waals surface area contributed by atoms with Gasteiger partial charge in [0, 0.05) is 9.49 Å². The fourth-order valence-electron chi connectivity index (χ4n) is 6.37. The maximum atomic E-state index is 12.5. The number of hydrogen-bond donors (Lipinski definition) is 2. The molecule has 0 saturated carbocycles. The lowest BCUT2D eigenvalue weighted by Crippen LogP contribution is -2.71. The number of β-lactam (4-membered cyclic amide) rings is 2. The van der Waals surface area contributed by atoms with Gasteiger partial charge in [-0.1, -0.05) is 48.0 Å². The molecular weight excluding hydrogens is 729 g/mol. The molecule has 6 atom stereocenters. The predicted octanol–water partition coefficient (Wildman–Crippen LogP) is 1.35. The topological polar surface area (TPSA) is 238 Å². The molecule has 0 aliphatic carbocycles. The second-order valence-electron chi connectivity index (χ2n) is 13.4. The van der Waals surface area contributed by atoms with Crippen LogP contribution in [0.2, 0.25) is 0 Å². The molecule has 0 radical (unpaired) electrons. The maximum Gasteiger partial charge on any atom is 0.368 e. The molecule has 0 aromatic heterocycles. The highest BCUT2D eigenvalue weighted by molar-refractivity contribution is 8.26. The number of ether oxygens (including phenoxy) is 1. The summed E-state index contributed by atoms with van der Waals surface area (Å²) in [7, 11) is -6.89. The minimum atomic E-state index is -4.39. The first kappa shape index (κ1) is 38.5. The Morgan fingerprint density at radius 2 is 1.59 bits per heavy atom. The van der Waals surface area contributed by atoms with Gasteiger partial charge in [-0.25, -0.2) is 9.59 Å². The third kappa shape index (κ3) is 6.71. The van der Waals surface area contributed by atoms with Crippen LogP contribution in [0.25, 0.3) is 0 Å². The maximum absolute atomic E-state index is 12.5. The second-order valence-corrected chi connectivity index (χ2v) is 19.4. The molecule has 4 aliphatic rings. The summed E-state index contributed by atoms with van der Waals surface area (Å²) in [6, 6.07) is 10.9. The highest BCUT2D eigenvalue weighted by Gasteiger charge is 2.64. The van der Waals surface area contributed by atoms with E-state index in [4.69, 9.17) is 10.5 Å². The van der Waals surface area contributed by atoms with Crippen LogP contribution in [-0.4, -0.2) is 102 Å². The zero-order chi connectivity index (χ0) is 37.8. The number of esters is 1. The normalized spacial score (nSPS) is 27.7. The van der Waals surface area contributed by atoms with E-state index >= 15 is 0 Å². The lowest BCUT2D eigenvalue weighted by Gasteiger charge is -2.70. The van der Waals surface area contributed by atoms with E-state index in [2.05, 4.69) is 14.5 Å². The number of nitrogens with one attached hydrogen (secondary N) is 1. The van der Waals surface area contributed by atoms with E-state index in [0.29, 0.717) is 5.56 Å². The molecule has 0 bridgehead atoms. The van der Waals surface area contributed by atoms with E-state index in [-0.39, 0.29) is 22.6 Å². The van der Waals surface area contributed by atoms with Gasteiger partial charge in [0.25, 0.3) is 0 Å². The number of hydrogen-bond acceptors (Lipinski definition) is 14. The molecule has 4 aliphatic heterocycles. The second kappa shape index (κ2) is 13.7. The molecule has 278 valence electrons. The molecule has 4 heterocycles. The summed E-state index contributed by atoms with van der Waals surface area (Å²) in [5.41, 5.74) is 7.48. The smallest absolute Gasteiger partial charge is 0.368 e. The average molecular weight is 767 g/mol. The minimum absolute atomic E-state index is 0.210. The number of aryl methyl sites for hydroxylation is 1. The Morgan fingerprint density at radius 3 is 2.16 bits per heavy atom. The summed E-state index contributed by atoms with van der Waals surface area (Å²) in [5.74, 6) is -2.92. The quantitative estimate of drug-likeness (QED) is 0.167. The zero-order valence-electron chi connectivity index (χ0n) is 28.5. The Labute approximate surface area is 300 Å². The molecule has 19 heteroatoms. The van der Waals surface area contributed by atoms with Crippen LogP contribution in [0.4, 0.5) is 0 Å². The summed E-state index contributed by atoms with van der Waals surface area (Å²) in [6.07, 6.45) is -0.210. The van der Waals surface area contributed by atoms with Crippen LogP contribution < -0.4 is 11.1 Å². The fraction of sp³-hybridized carbons (Fsp3) is 0.469. The van der Waals surface area contributed by atoms with Crippen molar-refractivity contribution in [1.29, 1.82) is 0 Å². The first-order valence-electron chi connectivity index (χ1n) is 15.6. The summed E-state index contributed by atoms with van der Waals surface area (Å²) in [6.45, 7) is 8.11. The highest BCUT2D eigenvalue weighted by atomic mass is 32.3. The van der Waals surface area contributed by atoms with Gasteiger partial charge in [0.15, 0.2) is 6.04 Å². The van der Waals surface area contributed by atoms with E-state index in [1.54, 1.807) is 31.2 Å². The number of nitrogens with zero attached hydrogens (tertiary/aromatic N) is 2. The molecule has 2 aromatic rings. The summed E-state index contributed by atoms with van der Waals surface area (Å²) in [5, 5.41) is 1.33. The number of rotatable bonds is 8. The Morgan fingerprint density at radius 1 is 0.980 bits per heavy atom. The minimum Gasteiger partial charge on any atom is -0.798 e. The van der Waals surface area contributed by atoms with Crippen molar-refractivity contribution in [3.63, 3.8) is 0 Å². The van der Waals surface area contributed by atoms with Gasteiger partial charge in [0.05, 0.1) is 23.8 Å². The van der Waals surface area contributed by atoms with E-state index in [0.717, 1.165) is 10.5 Å². The molecule has 4 saturated heterocycles. The number of nitrogens with two attached hydrogens (primary N) is 1. The van der Waals surface area contributed by atoms with E-state index in [1.807, 2.05) is 19.9 Å². The Bertz CT molecular complexity index is 1840. The number of amides is 3. The van der Waals surface area contributed by atoms with Crippen LogP contribution in [-0.2, 0) is 48.0 Å². The van der Waals surface area contributed by atoms with E-state index in [9.17, 15) is 41.5 Å². The van der Waals surface area contributed by atoms with Crippen molar-refractivity contribution in [2.45, 2.75) is 90.3 Å².